The zero-order valence-electron chi connectivity index (χ0n) is 25.8. The van der Waals surface area contributed by atoms with E-state index in [1.54, 1.807) is 18.5 Å². The summed E-state index contributed by atoms with van der Waals surface area (Å²) in [6.45, 7) is 10.3. The molecule has 4 atom stereocenters. The van der Waals surface area contributed by atoms with Crippen LogP contribution < -0.4 is 14.6 Å². The first-order valence-corrected chi connectivity index (χ1v) is 17.8. The number of sulfonamides is 2. The molecule has 2 aromatic rings. The van der Waals surface area contributed by atoms with Crippen molar-refractivity contribution >= 4 is 20.0 Å². The molecule has 4 unspecified atom stereocenters. The molecular formula is C30H48N4O6S2. The average molecular weight is 625 g/mol. The predicted octanol–water partition coefficient (Wildman–Crippen LogP) is 3.28. The first kappa shape index (κ1) is 34.3. The van der Waals surface area contributed by atoms with Crippen molar-refractivity contribution in [1.29, 1.82) is 0 Å². The van der Waals surface area contributed by atoms with E-state index in [-0.39, 0.29) is 11.5 Å². The second kappa shape index (κ2) is 15.0. The summed E-state index contributed by atoms with van der Waals surface area (Å²) in [5, 5.41) is 4.90. The molecule has 42 heavy (non-hydrogen) atoms. The van der Waals surface area contributed by atoms with Gasteiger partial charge < -0.3 is 9.47 Å². The molecule has 12 heteroatoms. The molecule has 0 saturated carbocycles. The van der Waals surface area contributed by atoms with Gasteiger partial charge in [0.1, 0.15) is 11.5 Å². The molecule has 0 amide bonds. The number of rotatable bonds is 13. The molecule has 4 rings (SSSR count). The van der Waals surface area contributed by atoms with Crippen molar-refractivity contribution in [2.24, 2.45) is 5.14 Å². The van der Waals surface area contributed by atoms with Gasteiger partial charge in [0.2, 0.25) is 20.0 Å². The number of benzene rings is 2. The highest BCUT2D eigenvalue weighted by Crippen LogP contribution is 2.26. The van der Waals surface area contributed by atoms with E-state index in [0.29, 0.717) is 50.3 Å². The number of nitrogens with two attached hydrogens (primary N) is 1. The lowest BCUT2D eigenvalue weighted by Crippen LogP contribution is -2.54. The lowest BCUT2D eigenvalue weighted by Gasteiger charge is -2.45. The van der Waals surface area contributed by atoms with Gasteiger partial charge in [-0.15, -0.1) is 0 Å². The van der Waals surface area contributed by atoms with Crippen molar-refractivity contribution in [2.45, 2.75) is 77.8 Å². The maximum absolute atomic E-state index is 13.3. The van der Waals surface area contributed by atoms with Crippen LogP contribution in [0.4, 0.5) is 0 Å². The van der Waals surface area contributed by atoms with Gasteiger partial charge in [-0.2, -0.15) is 4.31 Å². The molecule has 2 saturated heterocycles. The normalized spacial score (nSPS) is 23.0. The molecule has 2 N–H and O–H groups in total. The monoisotopic (exact) mass is 624 g/mol. The maximum atomic E-state index is 13.3. The Morgan fingerprint density at radius 2 is 1.05 bits per heavy atom. The minimum atomic E-state index is -3.44. The summed E-state index contributed by atoms with van der Waals surface area (Å²) in [5.74, 6) is 1.70. The molecule has 0 aromatic heterocycles. The molecule has 2 aliphatic rings. The van der Waals surface area contributed by atoms with Crippen LogP contribution in [-0.2, 0) is 33.1 Å². The fourth-order valence-electron chi connectivity index (χ4n) is 5.71. The van der Waals surface area contributed by atoms with Gasteiger partial charge >= 0.3 is 0 Å². The molecule has 236 valence electrons. The van der Waals surface area contributed by atoms with Gasteiger partial charge in [0.15, 0.2) is 0 Å². The van der Waals surface area contributed by atoms with Crippen LogP contribution in [0.2, 0.25) is 0 Å². The number of nitrogens with zero attached hydrogens (tertiary/aromatic N) is 3. The Kier molecular flexibility index (Phi) is 12.2. The van der Waals surface area contributed by atoms with Gasteiger partial charge in [-0.3, -0.25) is 9.80 Å². The zero-order valence-corrected chi connectivity index (χ0v) is 27.4. The number of hydrogen-bond acceptors (Lipinski definition) is 8. The quantitative estimate of drug-likeness (QED) is 0.360. The minimum Gasteiger partial charge on any atom is -0.497 e. The van der Waals surface area contributed by atoms with Crippen molar-refractivity contribution in [3.63, 3.8) is 0 Å². The molecule has 2 heterocycles. The van der Waals surface area contributed by atoms with Crippen LogP contribution in [0.3, 0.4) is 0 Å². The van der Waals surface area contributed by atoms with Gasteiger partial charge in [-0.25, -0.2) is 22.0 Å². The largest absolute Gasteiger partial charge is 0.497 e. The Morgan fingerprint density at radius 3 is 1.36 bits per heavy atom. The lowest BCUT2D eigenvalue weighted by molar-refractivity contribution is 0.0448. The second-order valence-corrected chi connectivity index (χ2v) is 15.3. The van der Waals surface area contributed by atoms with Crippen LogP contribution in [0.1, 0.15) is 51.7 Å². The van der Waals surface area contributed by atoms with Gasteiger partial charge in [0.25, 0.3) is 0 Å². The van der Waals surface area contributed by atoms with E-state index >= 15 is 0 Å². The van der Waals surface area contributed by atoms with Crippen LogP contribution in [0, 0.1) is 0 Å². The van der Waals surface area contributed by atoms with Gasteiger partial charge in [0.05, 0.1) is 25.7 Å². The third kappa shape index (κ3) is 9.92. The molecule has 0 bridgehead atoms. The van der Waals surface area contributed by atoms with Gasteiger partial charge in [-0.05, 0) is 75.9 Å². The van der Waals surface area contributed by atoms with Crippen molar-refractivity contribution in [3.8, 4) is 11.5 Å². The van der Waals surface area contributed by atoms with Crippen LogP contribution in [0.25, 0.3) is 0 Å². The Bertz CT molecular complexity index is 1270. The summed E-state index contributed by atoms with van der Waals surface area (Å²) in [6, 6.07) is 17.0. The number of methoxy groups -OCH3 is 2. The SMILES string of the molecule is CC1CC(C)N1CCS(N)(=O)=O.COc1ccc(CN(Cc2ccc(OC)cc2)S(=O)(=O)CCN2C(C)CC2C)cc1. The fraction of sp³-hybridized carbons (Fsp3) is 0.600. The lowest BCUT2D eigenvalue weighted by atomic mass is 9.96. The maximum Gasteiger partial charge on any atom is 0.215 e. The van der Waals surface area contributed by atoms with E-state index in [1.165, 1.54) is 0 Å². The van der Waals surface area contributed by atoms with Crippen LogP contribution in [0.15, 0.2) is 48.5 Å². The highest BCUT2D eigenvalue weighted by atomic mass is 32.2. The van der Waals surface area contributed by atoms with E-state index in [0.717, 1.165) is 35.5 Å². The first-order chi connectivity index (χ1) is 19.7. The molecule has 2 aliphatic heterocycles. The first-order valence-electron chi connectivity index (χ1n) is 14.5. The van der Waals surface area contributed by atoms with Crippen LogP contribution in [-0.4, -0.2) is 93.9 Å². The molecule has 2 fully saturated rings. The number of likely N-dealkylation sites (tertiary alicyclic amines) is 2. The van der Waals surface area contributed by atoms with Crippen molar-refractivity contribution in [3.05, 3.63) is 59.7 Å². The van der Waals surface area contributed by atoms with E-state index in [1.807, 2.05) is 48.5 Å². The van der Waals surface area contributed by atoms with E-state index < -0.39 is 20.0 Å². The Balaban J connectivity index is 0.000000337. The Morgan fingerprint density at radius 1 is 0.690 bits per heavy atom. The second-order valence-electron chi connectivity index (χ2n) is 11.5. The molecular weight excluding hydrogens is 576 g/mol. The van der Waals surface area contributed by atoms with E-state index in [9.17, 15) is 16.8 Å². The summed E-state index contributed by atoms with van der Waals surface area (Å²) < 4.78 is 59.9. The topological polar surface area (TPSA) is 122 Å². The van der Waals surface area contributed by atoms with Crippen LogP contribution >= 0.6 is 0 Å². The van der Waals surface area contributed by atoms with Crippen molar-refractivity contribution in [1.82, 2.24) is 14.1 Å². The van der Waals surface area contributed by atoms with Gasteiger partial charge in [-0.1, -0.05) is 24.3 Å². The van der Waals surface area contributed by atoms with Gasteiger partial charge in [0, 0.05) is 50.3 Å². The summed E-state index contributed by atoms with van der Waals surface area (Å²) in [7, 11) is -3.49. The third-order valence-electron chi connectivity index (χ3n) is 8.30. The Labute approximate surface area is 252 Å². The van der Waals surface area contributed by atoms with E-state index in [4.69, 9.17) is 14.6 Å². The predicted molar refractivity (Wildman–Crippen MR) is 167 cm³/mol. The molecule has 2 aromatic carbocycles. The zero-order chi connectivity index (χ0) is 31.1. The highest BCUT2D eigenvalue weighted by Gasteiger charge is 2.33. The third-order valence-corrected chi connectivity index (χ3v) is 10.8. The summed E-state index contributed by atoms with van der Waals surface area (Å²) >= 11 is 0. The molecule has 0 radical (unpaired) electrons. The minimum absolute atomic E-state index is 0.0711. The molecule has 10 nitrogen and oxygen atoms in total. The highest BCUT2D eigenvalue weighted by molar-refractivity contribution is 7.89. The fourth-order valence-corrected chi connectivity index (χ4v) is 7.56. The smallest absolute Gasteiger partial charge is 0.215 e. The number of hydrogen-bond donors (Lipinski definition) is 1. The van der Waals surface area contributed by atoms with Crippen LogP contribution in [0.5, 0.6) is 11.5 Å². The summed E-state index contributed by atoms with van der Waals surface area (Å²) in [4.78, 5) is 4.42. The summed E-state index contributed by atoms with van der Waals surface area (Å²) in [5.41, 5.74) is 1.86. The van der Waals surface area contributed by atoms with Crippen molar-refractivity contribution in [2.75, 3.05) is 38.8 Å². The average Bonchev–Trinajstić information content (AvgIpc) is 2.93. The Hall–Kier alpha value is -2.22. The number of primary sulfonamides is 1. The molecule has 0 aliphatic carbocycles. The standard InChI is InChI=1S/C23H32N2O4S.C7H16N2O2S/c1-18-15-19(2)25(18)13-14-30(26,27)24(16-20-5-9-22(28-3)10-6-20)17-21-7-11-23(29-4)12-8-21;1-6-5-7(2)9(6)3-4-12(8,10)11/h5-12,18-19H,13-17H2,1-4H3;6-7H,3-5H2,1-2H3,(H2,8,10,11). The summed E-state index contributed by atoms with van der Waals surface area (Å²) in [6.07, 6.45) is 2.28. The van der Waals surface area contributed by atoms with E-state index in [2.05, 4.69) is 37.5 Å². The molecule has 0 spiro atoms. The number of ether oxygens (including phenoxy) is 2. The van der Waals surface area contributed by atoms with Crippen molar-refractivity contribution < 1.29 is 26.3 Å².